The molecule has 0 aliphatic carbocycles. The van der Waals surface area contributed by atoms with Crippen LogP contribution in [0.25, 0.3) is 16.3 Å². The summed E-state index contributed by atoms with van der Waals surface area (Å²) < 4.78 is 1.56. The summed E-state index contributed by atoms with van der Waals surface area (Å²) >= 11 is 7.35. The van der Waals surface area contributed by atoms with E-state index in [-0.39, 0.29) is 5.56 Å². The Morgan fingerprint density at radius 3 is 2.57 bits per heavy atom. The van der Waals surface area contributed by atoms with Gasteiger partial charge in [-0.2, -0.15) is 5.10 Å². The molecule has 4 nitrogen and oxygen atoms in total. The first-order chi connectivity index (χ1) is 10.1. The lowest BCUT2D eigenvalue weighted by Gasteiger charge is -2.00. The highest BCUT2D eigenvalue weighted by atomic mass is 35.5. The highest BCUT2D eigenvalue weighted by molar-refractivity contribution is 7.13. The van der Waals surface area contributed by atoms with E-state index in [1.165, 1.54) is 17.5 Å². The number of aryl methyl sites for hydroxylation is 1. The van der Waals surface area contributed by atoms with Crippen LogP contribution in [0.4, 0.5) is 0 Å². The summed E-state index contributed by atoms with van der Waals surface area (Å²) in [6.07, 6.45) is 1.53. The summed E-state index contributed by atoms with van der Waals surface area (Å²) in [5.74, 6) is -0.988. The van der Waals surface area contributed by atoms with Gasteiger partial charge in [0.15, 0.2) is 0 Å². The molecule has 0 aliphatic rings. The van der Waals surface area contributed by atoms with E-state index in [0.717, 1.165) is 16.1 Å². The van der Waals surface area contributed by atoms with Crippen LogP contribution in [0.2, 0.25) is 5.02 Å². The second-order valence-electron chi connectivity index (χ2n) is 4.55. The maximum absolute atomic E-state index is 11.5. The zero-order chi connectivity index (χ0) is 15.0. The van der Waals surface area contributed by atoms with Crippen LogP contribution < -0.4 is 0 Å². The van der Waals surface area contributed by atoms with Crippen LogP contribution in [0.1, 0.15) is 15.9 Å². The molecule has 106 valence electrons. The first kappa shape index (κ1) is 13.9. The average Bonchev–Trinajstić information content (AvgIpc) is 3.05. The van der Waals surface area contributed by atoms with Gasteiger partial charge in [0.05, 0.1) is 10.6 Å². The summed E-state index contributed by atoms with van der Waals surface area (Å²) in [4.78, 5) is 12.3. The van der Waals surface area contributed by atoms with Crippen molar-refractivity contribution >= 4 is 28.9 Å². The molecule has 21 heavy (non-hydrogen) atoms. The van der Waals surface area contributed by atoms with Crippen LogP contribution in [0.3, 0.4) is 0 Å². The molecule has 0 saturated carbocycles. The Balaban J connectivity index is 2.15. The standard InChI is InChI=1S/C15H11ClN2O2S/c1-9-6-7-21-14(9)13-12(15(19)20)8-18(17-13)11-4-2-10(16)3-5-11/h2-8H,1H3,(H,19,20). The minimum Gasteiger partial charge on any atom is -0.478 e. The molecule has 1 aromatic carbocycles. The Bertz CT molecular complexity index is 805. The SMILES string of the molecule is Cc1ccsc1-c1nn(-c2ccc(Cl)cc2)cc1C(=O)O. The van der Waals surface area contributed by atoms with Crippen molar-refractivity contribution in [3.63, 3.8) is 0 Å². The van der Waals surface area contributed by atoms with E-state index in [2.05, 4.69) is 5.10 Å². The summed E-state index contributed by atoms with van der Waals surface area (Å²) in [5, 5.41) is 16.4. The Morgan fingerprint density at radius 1 is 1.29 bits per heavy atom. The Labute approximate surface area is 130 Å². The fourth-order valence-electron chi connectivity index (χ4n) is 2.04. The molecule has 0 unspecified atom stereocenters. The van der Waals surface area contributed by atoms with Crippen molar-refractivity contribution in [2.24, 2.45) is 0 Å². The number of rotatable bonds is 3. The van der Waals surface area contributed by atoms with Gasteiger partial charge in [0.2, 0.25) is 0 Å². The third-order valence-electron chi connectivity index (χ3n) is 3.11. The van der Waals surface area contributed by atoms with Gasteiger partial charge < -0.3 is 5.11 Å². The summed E-state index contributed by atoms with van der Waals surface area (Å²) in [6.45, 7) is 1.94. The quantitative estimate of drug-likeness (QED) is 0.785. The molecule has 2 heterocycles. The van der Waals surface area contributed by atoms with E-state index in [4.69, 9.17) is 11.6 Å². The first-order valence-electron chi connectivity index (χ1n) is 6.19. The smallest absolute Gasteiger partial charge is 0.339 e. The number of aromatic carboxylic acids is 1. The lowest BCUT2D eigenvalue weighted by molar-refractivity contribution is 0.0697. The molecular weight excluding hydrogens is 308 g/mol. The van der Waals surface area contributed by atoms with Crippen molar-refractivity contribution in [2.75, 3.05) is 0 Å². The van der Waals surface area contributed by atoms with Crippen molar-refractivity contribution in [1.29, 1.82) is 0 Å². The van der Waals surface area contributed by atoms with Crippen molar-refractivity contribution in [3.05, 3.63) is 58.1 Å². The van der Waals surface area contributed by atoms with E-state index in [1.807, 2.05) is 18.4 Å². The third-order valence-corrected chi connectivity index (χ3v) is 4.39. The number of hydrogen-bond acceptors (Lipinski definition) is 3. The molecule has 0 bridgehead atoms. The van der Waals surface area contributed by atoms with Gasteiger partial charge in [0.25, 0.3) is 0 Å². The van der Waals surface area contributed by atoms with Crippen LogP contribution in [-0.2, 0) is 0 Å². The molecule has 0 saturated heterocycles. The summed E-state index contributed by atoms with van der Waals surface area (Å²) in [6, 6.07) is 9.04. The molecule has 0 spiro atoms. The number of hydrogen-bond donors (Lipinski definition) is 1. The van der Waals surface area contributed by atoms with E-state index in [9.17, 15) is 9.90 Å². The van der Waals surface area contributed by atoms with E-state index >= 15 is 0 Å². The average molecular weight is 319 g/mol. The van der Waals surface area contributed by atoms with Crippen molar-refractivity contribution in [3.8, 4) is 16.3 Å². The van der Waals surface area contributed by atoms with Crippen LogP contribution in [0.5, 0.6) is 0 Å². The molecule has 1 N–H and O–H groups in total. The number of halogens is 1. The predicted octanol–water partition coefficient (Wildman–Crippen LogP) is 4.26. The van der Waals surface area contributed by atoms with Crippen LogP contribution >= 0.6 is 22.9 Å². The van der Waals surface area contributed by atoms with Crippen LogP contribution in [-0.4, -0.2) is 20.9 Å². The summed E-state index contributed by atoms with van der Waals surface area (Å²) in [7, 11) is 0. The molecule has 3 rings (SSSR count). The normalized spacial score (nSPS) is 10.8. The van der Waals surface area contributed by atoms with Gasteiger partial charge in [-0.3, -0.25) is 0 Å². The predicted molar refractivity (Wildman–Crippen MR) is 83.6 cm³/mol. The molecule has 0 radical (unpaired) electrons. The maximum atomic E-state index is 11.5. The number of benzene rings is 1. The highest BCUT2D eigenvalue weighted by Crippen LogP contribution is 2.31. The van der Waals surface area contributed by atoms with E-state index in [1.54, 1.807) is 28.9 Å². The molecular formula is C15H11ClN2O2S. The second kappa shape index (κ2) is 5.35. The van der Waals surface area contributed by atoms with Gasteiger partial charge in [0, 0.05) is 11.2 Å². The number of nitrogens with zero attached hydrogens (tertiary/aromatic N) is 2. The van der Waals surface area contributed by atoms with Crippen LogP contribution in [0.15, 0.2) is 41.9 Å². The molecule has 0 atom stereocenters. The van der Waals surface area contributed by atoms with Crippen molar-refractivity contribution < 1.29 is 9.90 Å². The topological polar surface area (TPSA) is 55.1 Å². The number of thiophene rings is 1. The first-order valence-corrected chi connectivity index (χ1v) is 7.45. The van der Waals surface area contributed by atoms with Crippen molar-refractivity contribution in [1.82, 2.24) is 9.78 Å². The summed E-state index contributed by atoms with van der Waals surface area (Å²) in [5.41, 5.74) is 2.46. The maximum Gasteiger partial charge on any atom is 0.339 e. The van der Waals surface area contributed by atoms with E-state index in [0.29, 0.717) is 10.7 Å². The number of carbonyl (C=O) groups is 1. The Hall–Kier alpha value is -2.11. The Kier molecular flexibility index (Phi) is 3.53. The molecule has 2 aromatic heterocycles. The monoisotopic (exact) mass is 318 g/mol. The largest absolute Gasteiger partial charge is 0.478 e. The molecule has 3 aromatic rings. The molecule has 0 aliphatic heterocycles. The highest BCUT2D eigenvalue weighted by Gasteiger charge is 2.19. The van der Waals surface area contributed by atoms with Gasteiger partial charge in [-0.15, -0.1) is 11.3 Å². The van der Waals surface area contributed by atoms with Gasteiger partial charge >= 0.3 is 5.97 Å². The number of aromatic nitrogens is 2. The fourth-order valence-corrected chi connectivity index (χ4v) is 3.09. The van der Waals surface area contributed by atoms with Gasteiger partial charge in [0.1, 0.15) is 11.3 Å². The van der Waals surface area contributed by atoms with Gasteiger partial charge in [-0.25, -0.2) is 9.48 Å². The van der Waals surface area contributed by atoms with E-state index < -0.39 is 5.97 Å². The van der Waals surface area contributed by atoms with Gasteiger partial charge in [-0.05, 0) is 48.2 Å². The van der Waals surface area contributed by atoms with Crippen molar-refractivity contribution in [2.45, 2.75) is 6.92 Å². The van der Waals surface area contributed by atoms with Crippen LogP contribution in [0, 0.1) is 6.92 Å². The lowest BCUT2D eigenvalue weighted by atomic mass is 10.2. The number of carboxylic acid groups (broad SMARTS) is 1. The third kappa shape index (κ3) is 2.57. The minimum absolute atomic E-state index is 0.190. The fraction of sp³-hybridized carbons (Fsp3) is 0.0667. The van der Waals surface area contributed by atoms with Gasteiger partial charge in [-0.1, -0.05) is 11.6 Å². The number of carboxylic acids is 1. The molecule has 6 heteroatoms. The molecule has 0 amide bonds. The Morgan fingerprint density at radius 2 is 2.00 bits per heavy atom. The second-order valence-corrected chi connectivity index (χ2v) is 5.90. The molecule has 0 fully saturated rings. The minimum atomic E-state index is -0.988. The lowest BCUT2D eigenvalue weighted by Crippen LogP contribution is -1.96. The zero-order valence-corrected chi connectivity index (χ0v) is 12.6. The zero-order valence-electron chi connectivity index (χ0n) is 11.1.